The number of methoxy groups -OCH3 is 1. The lowest BCUT2D eigenvalue weighted by Gasteiger charge is -2.29. The van der Waals surface area contributed by atoms with Crippen LogP contribution in [0.3, 0.4) is 0 Å². The Labute approximate surface area is 135 Å². The highest BCUT2D eigenvalue weighted by molar-refractivity contribution is 5.91. The molecule has 1 fully saturated rings. The Morgan fingerprint density at radius 3 is 2.70 bits per heavy atom. The van der Waals surface area contributed by atoms with Crippen molar-refractivity contribution in [1.82, 2.24) is 5.32 Å². The zero-order valence-corrected chi connectivity index (χ0v) is 13.5. The van der Waals surface area contributed by atoms with E-state index in [1.807, 2.05) is 0 Å². The van der Waals surface area contributed by atoms with Crippen LogP contribution < -0.4 is 14.8 Å². The maximum Gasteiger partial charge on any atom is 0.339 e. The molecule has 0 radical (unpaired) electrons. The van der Waals surface area contributed by atoms with Crippen LogP contribution in [-0.4, -0.2) is 36.7 Å². The Kier molecular flexibility index (Phi) is 5.84. The van der Waals surface area contributed by atoms with Crippen LogP contribution in [0.15, 0.2) is 18.2 Å². The molecule has 2 rings (SSSR count). The molecule has 0 aromatic heterocycles. The van der Waals surface area contributed by atoms with E-state index in [0.29, 0.717) is 11.7 Å². The fourth-order valence-corrected chi connectivity index (χ4v) is 2.85. The van der Waals surface area contributed by atoms with E-state index in [0.717, 1.165) is 19.3 Å². The predicted molar refractivity (Wildman–Crippen MR) is 85.0 cm³/mol. The normalized spacial score (nSPS) is 20.6. The van der Waals surface area contributed by atoms with Crippen molar-refractivity contribution in [3.8, 4) is 11.5 Å². The van der Waals surface area contributed by atoms with Gasteiger partial charge in [-0.2, -0.15) is 0 Å². The number of hydrogen-bond donors (Lipinski definition) is 2. The van der Waals surface area contributed by atoms with Gasteiger partial charge in [-0.25, -0.2) is 4.79 Å². The van der Waals surface area contributed by atoms with Crippen LogP contribution in [0.25, 0.3) is 0 Å². The molecular formula is C17H23NO5. The van der Waals surface area contributed by atoms with Crippen LogP contribution in [0.2, 0.25) is 0 Å². The zero-order valence-electron chi connectivity index (χ0n) is 13.5. The van der Waals surface area contributed by atoms with Gasteiger partial charge in [0.2, 0.25) is 0 Å². The number of rotatable bonds is 6. The number of carboxylic acids is 1. The molecule has 0 spiro atoms. The molecule has 1 aromatic carbocycles. The van der Waals surface area contributed by atoms with E-state index >= 15 is 0 Å². The number of carbonyl (C=O) groups is 2. The average Bonchev–Trinajstić information content (AvgIpc) is 2.54. The van der Waals surface area contributed by atoms with Crippen LogP contribution in [-0.2, 0) is 4.79 Å². The first-order valence-corrected chi connectivity index (χ1v) is 7.84. The smallest absolute Gasteiger partial charge is 0.339 e. The molecule has 2 N–H and O–H groups in total. The Morgan fingerprint density at radius 1 is 1.30 bits per heavy atom. The van der Waals surface area contributed by atoms with Gasteiger partial charge in [-0.15, -0.1) is 0 Å². The summed E-state index contributed by atoms with van der Waals surface area (Å²) in [6.07, 6.45) is 4.42. The average molecular weight is 321 g/mol. The van der Waals surface area contributed by atoms with Crippen molar-refractivity contribution in [3.63, 3.8) is 0 Å². The molecular weight excluding hydrogens is 298 g/mol. The Hall–Kier alpha value is -2.24. The first-order chi connectivity index (χ1) is 11.0. The van der Waals surface area contributed by atoms with Gasteiger partial charge in [0.05, 0.1) is 7.11 Å². The van der Waals surface area contributed by atoms with E-state index in [9.17, 15) is 9.59 Å². The van der Waals surface area contributed by atoms with Gasteiger partial charge in [-0.3, -0.25) is 4.79 Å². The summed E-state index contributed by atoms with van der Waals surface area (Å²) in [5.41, 5.74) is 0.00429. The highest BCUT2D eigenvalue weighted by atomic mass is 16.5. The van der Waals surface area contributed by atoms with Crippen molar-refractivity contribution in [3.05, 3.63) is 23.8 Å². The Morgan fingerprint density at radius 2 is 2.04 bits per heavy atom. The molecule has 6 nitrogen and oxygen atoms in total. The van der Waals surface area contributed by atoms with Crippen LogP contribution in [0.1, 0.15) is 43.0 Å². The number of carbonyl (C=O) groups excluding carboxylic acids is 1. The van der Waals surface area contributed by atoms with Gasteiger partial charge < -0.3 is 19.9 Å². The number of benzene rings is 1. The molecule has 0 heterocycles. The molecule has 1 aliphatic rings. The highest BCUT2D eigenvalue weighted by Gasteiger charge is 2.23. The summed E-state index contributed by atoms with van der Waals surface area (Å²) >= 11 is 0. The molecule has 1 saturated carbocycles. The monoisotopic (exact) mass is 321 g/mol. The van der Waals surface area contributed by atoms with E-state index in [1.165, 1.54) is 25.7 Å². The molecule has 1 amide bonds. The summed E-state index contributed by atoms with van der Waals surface area (Å²) in [5, 5.41) is 12.1. The number of amides is 1. The number of carboxylic acid groups (broad SMARTS) is 1. The first kappa shape index (κ1) is 17.1. The molecule has 0 saturated heterocycles. The molecule has 23 heavy (non-hydrogen) atoms. The third kappa shape index (κ3) is 4.61. The summed E-state index contributed by atoms with van der Waals surface area (Å²) in [6, 6.07) is 4.58. The van der Waals surface area contributed by atoms with Gasteiger partial charge >= 0.3 is 5.97 Å². The van der Waals surface area contributed by atoms with Gasteiger partial charge in [-0.05, 0) is 30.9 Å². The topological polar surface area (TPSA) is 84.9 Å². The maximum atomic E-state index is 12.1. The second-order valence-electron chi connectivity index (χ2n) is 5.89. The Bertz CT molecular complexity index is 572. The van der Waals surface area contributed by atoms with Gasteiger partial charge in [0.1, 0.15) is 17.1 Å². The van der Waals surface area contributed by atoms with Crippen LogP contribution in [0.5, 0.6) is 11.5 Å². The van der Waals surface area contributed by atoms with Crippen LogP contribution >= 0.6 is 0 Å². The van der Waals surface area contributed by atoms with Crippen molar-refractivity contribution in [2.75, 3.05) is 13.7 Å². The Balaban J connectivity index is 1.96. The minimum atomic E-state index is -1.11. The van der Waals surface area contributed by atoms with Gasteiger partial charge in [0, 0.05) is 12.1 Å². The van der Waals surface area contributed by atoms with E-state index in [4.69, 9.17) is 14.6 Å². The number of ether oxygens (including phenoxy) is 2. The van der Waals surface area contributed by atoms with Gasteiger partial charge in [-0.1, -0.05) is 19.8 Å². The number of aromatic carboxylic acids is 1. The molecule has 1 aromatic rings. The third-order valence-corrected chi connectivity index (χ3v) is 4.24. The van der Waals surface area contributed by atoms with E-state index in [2.05, 4.69) is 12.2 Å². The lowest BCUT2D eigenvalue weighted by molar-refractivity contribution is -0.124. The predicted octanol–water partition coefficient (Wildman–Crippen LogP) is 2.47. The van der Waals surface area contributed by atoms with Crippen molar-refractivity contribution in [2.24, 2.45) is 5.92 Å². The van der Waals surface area contributed by atoms with E-state index in [-0.39, 0.29) is 29.9 Å². The summed E-state index contributed by atoms with van der Waals surface area (Å²) in [4.78, 5) is 23.3. The highest BCUT2D eigenvalue weighted by Crippen LogP contribution is 2.25. The van der Waals surface area contributed by atoms with Crippen LogP contribution in [0.4, 0.5) is 0 Å². The molecule has 0 unspecified atom stereocenters. The molecule has 6 heteroatoms. The maximum absolute atomic E-state index is 12.1. The standard InChI is InChI=1S/C17H23NO5/c1-11-5-3-4-6-14(11)18-16(19)10-23-15-9-12(22-2)7-8-13(15)17(20)21/h7-9,11,14H,3-6,10H2,1-2H3,(H,18,19)(H,20,21)/t11-,14-/m0/s1. The largest absolute Gasteiger partial charge is 0.497 e. The van der Waals surface area contributed by atoms with Gasteiger partial charge in [0.15, 0.2) is 6.61 Å². The molecule has 126 valence electrons. The zero-order chi connectivity index (χ0) is 16.8. The molecule has 1 aliphatic carbocycles. The summed E-state index contributed by atoms with van der Waals surface area (Å²) in [5.74, 6) is -0.277. The summed E-state index contributed by atoms with van der Waals surface area (Å²) in [7, 11) is 1.48. The quantitative estimate of drug-likeness (QED) is 0.841. The van der Waals surface area contributed by atoms with E-state index < -0.39 is 5.97 Å². The number of nitrogens with one attached hydrogen (secondary N) is 1. The fourth-order valence-electron chi connectivity index (χ4n) is 2.85. The second kappa shape index (κ2) is 7.85. The molecule has 0 aliphatic heterocycles. The lowest BCUT2D eigenvalue weighted by Crippen LogP contribution is -2.43. The third-order valence-electron chi connectivity index (χ3n) is 4.24. The molecule has 2 atom stereocenters. The second-order valence-corrected chi connectivity index (χ2v) is 5.89. The van der Waals surface area contributed by atoms with Crippen LogP contribution in [0, 0.1) is 5.92 Å². The first-order valence-electron chi connectivity index (χ1n) is 7.84. The lowest BCUT2D eigenvalue weighted by atomic mass is 9.86. The van der Waals surface area contributed by atoms with Crippen molar-refractivity contribution in [2.45, 2.75) is 38.6 Å². The fraction of sp³-hybridized carbons (Fsp3) is 0.529. The number of hydrogen-bond acceptors (Lipinski definition) is 4. The van der Waals surface area contributed by atoms with E-state index in [1.54, 1.807) is 6.07 Å². The molecule has 0 bridgehead atoms. The SMILES string of the molecule is COc1ccc(C(=O)O)c(OCC(=O)N[C@H]2CCCC[C@@H]2C)c1. The summed E-state index contributed by atoms with van der Waals surface area (Å²) in [6.45, 7) is 1.92. The van der Waals surface area contributed by atoms with Crippen molar-refractivity contribution >= 4 is 11.9 Å². The van der Waals surface area contributed by atoms with Crippen molar-refractivity contribution < 1.29 is 24.2 Å². The minimum absolute atomic E-state index is 0.00429. The minimum Gasteiger partial charge on any atom is -0.497 e. The van der Waals surface area contributed by atoms with Gasteiger partial charge in [0.25, 0.3) is 5.91 Å². The van der Waals surface area contributed by atoms with Crippen molar-refractivity contribution in [1.29, 1.82) is 0 Å². The summed E-state index contributed by atoms with van der Waals surface area (Å²) < 4.78 is 10.5.